The molecule has 0 fully saturated rings. The molecule has 0 spiro atoms. The molecule has 1 aromatic carbocycles. The van der Waals surface area contributed by atoms with Gasteiger partial charge in [-0.3, -0.25) is 0 Å². The lowest BCUT2D eigenvalue weighted by molar-refractivity contribution is 1.11. The van der Waals surface area contributed by atoms with E-state index < -0.39 is 0 Å². The Morgan fingerprint density at radius 1 is 1.27 bits per heavy atom. The summed E-state index contributed by atoms with van der Waals surface area (Å²) in [6.45, 7) is 6.68. The van der Waals surface area contributed by atoms with Crippen LogP contribution in [0.15, 0.2) is 24.3 Å². The van der Waals surface area contributed by atoms with Gasteiger partial charge in [0.15, 0.2) is 0 Å². The maximum atomic E-state index is 2.36. The van der Waals surface area contributed by atoms with E-state index in [1.165, 1.54) is 22.2 Å². The van der Waals surface area contributed by atoms with Gasteiger partial charge in [0.2, 0.25) is 0 Å². The minimum atomic E-state index is 1.12. The van der Waals surface area contributed by atoms with Crippen LogP contribution >= 0.6 is 0 Å². The van der Waals surface area contributed by atoms with Crippen molar-refractivity contribution < 1.29 is 0 Å². The van der Waals surface area contributed by atoms with Crippen molar-refractivity contribution >= 4 is 18.9 Å². The number of hydrogen-bond donors (Lipinski definition) is 0. The second kappa shape index (κ2) is 5.80. The normalized spacial score (nSPS) is 11.8. The first-order chi connectivity index (χ1) is 7.24. The van der Waals surface area contributed by atoms with Crippen LogP contribution in [-0.4, -0.2) is 7.85 Å². The molecule has 0 aliphatic carbocycles. The van der Waals surface area contributed by atoms with E-state index >= 15 is 0 Å². The van der Waals surface area contributed by atoms with Gasteiger partial charge in [-0.15, -0.1) is 0 Å². The summed E-state index contributed by atoms with van der Waals surface area (Å²) in [6.07, 6.45) is 5.74. The summed E-state index contributed by atoms with van der Waals surface area (Å²) in [4.78, 5) is 0. The monoisotopic (exact) mass is 200 g/mol. The molecule has 0 radical (unpaired) electrons. The Morgan fingerprint density at radius 3 is 2.53 bits per heavy atom. The van der Waals surface area contributed by atoms with Crippen molar-refractivity contribution in [1.29, 1.82) is 0 Å². The molecule has 1 heteroatoms. The molecule has 0 atom stereocenters. The molecule has 1 rings (SSSR count). The van der Waals surface area contributed by atoms with Crippen LogP contribution in [0.4, 0.5) is 0 Å². The molecule has 15 heavy (non-hydrogen) atoms. The summed E-state index contributed by atoms with van der Waals surface area (Å²) < 4.78 is 0. The van der Waals surface area contributed by atoms with Gasteiger partial charge < -0.3 is 0 Å². The van der Waals surface area contributed by atoms with Crippen LogP contribution in [0.5, 0.6) is 0 Å². The van der Waals surface area contributed by atoms with E-state index in [4.69, 9.17) is 0 Å². The fourth-order valence-corrected chi connectivity index (χ4v) is 2.15. The highest BCUT2D eigenvalue weighted by Gasteiger charge is 2.07. The van der Waals surface area contributed by atoms with Gasteiger partial charge >= 0.3 is 0 Å². The average molecular weight is 200 g/mol. The molecule has 0 aliphatic heterocycles. The predicted octanol–water partition coefficient (Wildman–Crippen LogP) is 2.71. The van der Waals surface area contributed by atoms with Crippen LogP contribution in [0, 0.1) is 0 Å². The molecule has 80 valence electrons. The summed E-state index contributed by atoms with van der Waals surface area (Å²) >= 11 is 0. The molecular weight excluding hydrogens is 179 g/mol. The topological polar surface area (TPSA) is 0 Å². The summed E-state index contributed by atoms with van der Waals surface area (Å²) in [5.41, 5.74) is 5.89. The van der Waals surface area contributed by atoms with Gasteiger partial charge in [0.05, 0.1) is 0 Å². The van der Waals surface area contributed by atoms with E-state index in [-0.39, 0.29) is 0 Å². The Labute approximate surface area is 94.8 Å². The standard InChI is InChI=1S/C14H21B/c1-4-8-11(5-2)14-12(6-3)9-7-10-13(14)15/h7-10H,4-6,15H2,1-3H3/b11-8-. The van der Waals surface area contributed by atoms with Gasteiger partial charge in [0.1, 0.15) is 7.85 Å². The van der Waals surface area contributed by atoms with E-state index in [0.717, 1.165) is 19.3 Å². The number of allylic oxidation sites excluding steroid dienone is 2. The summed E-state index contributed by atoms with van der Waals surface area (Å²) in [6, 6.07) is 6.63. The van der Waals surface area contributed by atoms with Crippen molar-refractivity contribution in [2.24, 2.45) is 0 Å². The highest BCUT2D eigenvalue weighted by molar-refractivity contribution is 6.34. The van der Waals surface area contributed by atoms with E-state index in [1.54, 1.807) is 0 Å². The van der Waals surface area contributed by atoms with E-state index in [9.17, 15) is 0 Å². The van der Waals surface area contributed by atoms with Crippen molar-refractivity contribution in [3.63, 3.8) is 0 Å². The summed E-state index contributed by atoms with van der Waals surface area (Å²) in [7, 11) is 2.22. The molecule has 0 aromatic heterocycles. The van der Waals surface area contributed by atoms with Crippen LogP contribution in [-0.2, 0) is 6.42 Å². The van der Waals surface area contributed by atoms with Crippen molar-refractivity contribution in [2.45, 2.75) is 40.0 Å². The molecule has 0 aliphatic rings. The fourth-order valence-electron chi connectivity index (χ4n) is 2.15. The van der Waals surface area contributed by atoms with Gasteiger partial charge in [-0.2, -0.15) is 0 Å². The Morgan fingerprint density at radius 2 is 2.00 bits per heavy atom. The second-order valence-electron chi connectivity index (χ2n) is 3.95. The van der Waals surface area contributed by atoms with Crippen LogP contribution < -0.4 is 5.46 Å². The van der Waals surface area contributed by atoms with Gasteiger partial charge in [-0.1, -0.05) is 50.5 Å². The number of benzene rings is 1. The quantitative estimate of drug-likeness (QED) is 0.655. The second-order valence-corrected chi connectivity index (χ2v) is 3.95. The predicted molar refractivity (Wildman–Crippen MR) is 72.6 cm³/mol. The lowest BCUT2D eigenvalue weighted by Gasteiger charge is -2.14. The largest absolute Gasteiger partial charge is 0.140 e. The van der Waals surface area contributed by atoms with Crippen molar-refractivity contribution in [1.82, 2.24) is 0 Å². The molecule has 0 nitrogen and oxygen atoms in total. The van der Waals surface area contributed by atoms with Gasteiger partial charge in [-0.25, -0.2) is 0 Å². The van der Waals surface area contributed by atoms with Crippen molar-refractivity contribution in [2.75, 3.05) is 0 Å². The van der Waals surface area contributed by atoms with Gasteiger partial charge in [0.25, 0.3) is 0 Å². The van der Waals surface area contributed by atoms with Crippen molar-refractivity contribution in [3.8, 4) is 0 Å². The molecule has 0 unspecified atom stereocenters. The first-order valence-corrected chi connectivity index (χ1v) is 6.02. The fraction of sp³-hybridized carbons (Fsp3) is 0.429. The van der Waals surface area contributed by atoms with Gasteiger partial charge in [0, 0.05) is 0 Å². The lowest BCUT2D eigenvalue weighted by atomic mass is 9.82. The average Bonchev–Trinajstić information content (AvgIpc) is 2.26. The third kappa shape index (κ3) is 2.74. The zero-order chi connectivity index (χ0) is 11.3. The van der Waals surface area contributed by atoms with Crippen LogP contribution in [0.3, 0.4) is 0 Å². The van der Waals surface area contributed by atoms with Crippen LogP contribution in [0.25, 0.3) is 5.57 Å². The van der Waals surface area contributed by atoms with Crippen molar-refractivity contribution in [3.05, 3.63) is 35.4 Å². The molecule has 0 saturated carbocycles. The molecule has 0 bridgehead atoms. The zero-order valence-electron chi connectivity index (χ0n) is 10.4. The Balaban J connectivity index is 3.26. The van der Waals surface area contributed by atoms with Gasteiger partial charge in [-0.05, 0) is 36.0 Å². The van der Waals surface area contributed by atoms with E-state index in [0.29, 0.717) is 0 Å². The van der Waals surface area contributed by atoms with E-state index in [1.807, 2.05) is 0 Å². The minimum Gasteiger partial charge on any atom is -0.0813 e. The minimum absolute atomic E-state index is 1.12. The summed E-state index contributed by atoms with van der Waals surface area (Å²) in [5.74, 6) is 0. The smallest absolute Gasteiger partial charge is 0.0813 e. The molecular formula is C14H21B. The molecule has 0 amide bonds. The number of hydrogen-bond acceptors (Lipinski definition) is 0. The number of aryl methyl sites for hydroxylation is 1. The SMILES string of the molecule is Bc1cccc(CC)c1/C(=C\CC)CC. The molecule has 0 heterocycles. The Kier molecular flexibility index (Phi) is 4.67. The highest BCUT2D eigenvalue weighted by atomic mass is 14.1. The molecule has 1 aromatic rings. The Hall–Kier alpha value is -0.975. The van der Waals surface area contributed by atoms with Crippen LogP contribution in [0.2, 0.25) is 0 Å². The third-order valence-electron chi connectivity index (χ3n) is 2.89. The Bertz CT molecular complexity index is 350. The molecule has 0 saturated heterocycles. The summed E-state index contributed by atoms with van der Waals surface area (Å²) in [5, 5.41) is 0. The maximum Gasteiger partial charge on any atom is 0.140 e. The van der Waals surface area contributed by atoms with Crippen LogP contribution in [0.1, 0.15) is 44.7 Å². The lowest BCUT2D eigenvalue weighted by Crippen LogP contribution is -2.12. The van der Waals surface area contributed by atoms with E-state index in [2.05, 4.69) is 52.9 Å². The zero-order valence-corrected chi connectivity index (χ0v) is 10.4. The highest BCUT2D eigenvalue weighted by Crippen LogP contribution is 2.21. The third-order valence-corrected chi connectivity index (χ3v) is 2.89. The first kappa shape index (κ1) is 12.1. The maximum absolute atomic E-state index is 2.36. The number of rotatable bonds is 4. The molecule has 0 N–H and O–H groups in total. The first-order valence-electron chi connectivity index (χ1n) is 6.02.